The molecule has 0 N–H and O–H groups in total. The zero-order chi connectivity index (χ0) is 14.5. The summed E-state index contributed by atoms with van der Waals surface area (Å²) >= 11 is 0. The van der Waals surface area contributed by atoms with Gasteiger partial charge in [0.15, 0.2) is 11.5 Å². The van der Waals surface area contributed by atoms with Crippen LogP contribution in [0.1, 0.15) is 31.7 Å². The van der Waals surface area contributed by atoms with E-state index in [2.05, 4.69) is 6.92 Å². The average Bonchev–Trinajstić information content (AvgIpc) is 2.95. The van der Waals surface area contributed by atoms with Crippen molar-refractivity contribution < 1.29 is 14.3 Å². The molecule has 1 fully saturated rings. The second kappa shape index (κ2) is 6.64. The van der Waals surface area contributed by atoms with Crippen LogP contribution in [0.25, 0.3) is 0 Å². The molecular weight excluding hydrogens is 254 g/mol. The van der Waals surface area contributed by atoms with Gasteiger partial charge in [-0.3, -0.25) is 4.79 Å². The van der Waals surface area contributed by atoms with E-state index in [0.29, 0.717) is 24.0 Å². The number of nitrogens with zero attached hydrogens (tertiary/aromatic N) is 1. The van der Waals surface area contributed by atoms with Crippen molar-refractivity contribution in [2.75, 3.05) is 20.8 Å². The SMILES string of the molecule is CCC1CCCN1C(=O)Cc1ccc(OC)c(OC)c1. The Kier molecular flexibility index (Phi) is 4.88. The van der Waals surface area contributed by atoms with Crippen LogP contribution in [0.5, 0.6) is 11.5 Å². The van der Waals surface area contributed by atoms with Crippen molar-refractivity contribution in [1.82, 2.24) is 4.90 Å². The largest absolute Gasteiger partial charge is 0.493 e. The summed E-state index contributed by atoms with van der Waals surface area (Å²) in [4.78, 5) is 14.4. The Labute approximate surface area is 120 Å². The molecule has 110 valence electrons. The summed E-state index contributed by atoms with van der Waals surface area (Å²) in [6, 6.07) is 6.08. The molecule has 1 aliphatic rings. The normalized spacial score (nSPS) is 18.1. The van der Waals surface area contributed by atoms with E-state index in [4.69, 9.17) is 9.47 Å². The van der Waals surface area contributed by atoms with Crippen molar-refractivity contribution in [2.24, 2.45) is 0 Å². The van der Waals surface area contributed by atoms with E-state index in [1.54, 1.807) is 14.2 Å². The predicted octanol–water partition coefficient (Wildman–Crippen LogP) is 2.65. The van der Waals surface area contributed by atoms with Crippen LogP contribution in [0.4, 0.5) is 0 Å². The number of carbonyl (C=O) groups is 1. The molecule has 1 heterocycles. The van der Waals surface area contributed by atoms with Gasteiger partial charge in [-0.25, -0.2) is 0 Å². The number of rotatable bonds is 5. The summed E-state index contributed by atoms with van der Waals surface area (Å²) in [6.07, 6.45) is 3.72. The van der Waals surface area contributed by atoms with E-state index in [1.165, 1.54) is 0 Å². The van der Waals surface area contributed by atoms with Gasteiger partial charge in [0.05, 0.1) is 20.6 Å². The quantitative estimate of drug-likeness (QED) is 0.830. The van der Waals surface area contributed by atoms with Crippen molar-refractivity contribution in [1.29, 1.82) is 0 Å². The lowest BCUT2D eigenvalue weighted by molar-refractivity contribution is -0.131. The molecule has 20 heavy (non-hydrogen) atoms. The molecule has 0 bridgehead atoms. The molecule has 1 atom stereocenters. The van der Waals surface area contributed by atoms with E-state index < -0.39 is 0 Å². The van der Waals surface area contributed by atoms with Crippen LogP contribution in [0.15, 0.2) is 18.2 Å². The zero-order valence-electron chi connectivity index (χ0n) is 12.5. The highest BCUT2D eigenvalue weighted by Gasteiger charge is 2.27. The predicted molar refractivity (Wildman–Crippen MR) is 78.3 cm³/mol. The lowest BCUT2D eigenvalue weighted by Gasteiger charge is -2.23. The maximum Gasteiger partial charge on any atom is 0.227 e. The fourth-order valence-electron chi connectivity index (χ4n) is 2.86. The highest BCUT2D eigenvalue weighted by Crippen LogP contribution is 2.28. The minimum Gasteiger partial charge on any atom is -0.493 e. The smallest absolute Gasteiger partial charge is 0.227 e. The van der Waals surface area contributed by atoms with E-state index in [9.17, 15) is 4.79 Å². The number of hydrogen-bond donors (Lipinski definition) is 0. The Balaban J connectivity index is 2.07. The fraction of sp³-hybridized carbons (Fsp3) is 0.562. The average molecular weight is 277 g/mol. The molecule has 4 heteroatoms. The van der Waals surface area contributed by atoms with Gasteiger partial charge in [0, 0.05) is 12.6 Å². The van der Waals surface area contributed by atoms with Gasteiger partial charge < -0.3 is 14.4 Å². The summed E-state index contributed by atoms with van der Waals surface area (Å²) in [5.74, 6) is 1.57. The van der Waals surface area contributed by atoms with Gasteiger partial charge >= 0.3 is 0 Å². The molecule has 1 aromatic rings. The minimum atomic E-state index is 0.210. The third-order valence-corrected chi connectivity index (χ3v) is 3.97. The molecule has 2 rings (SSSR count). The third kappa shape index (κ3) is 3.06. The molecule has 1 aromatic carbocycles. The molecule has 0 spiro atoms. The van der Waals surface area contributed by atoms with Gasteiger partial charge in [-0.15, -0.1) is 0 Å². The Morgan fingerprint density at radius 1 is 1.30 bits per heavy atom. The first-order valence-corrected chi connectivity index (χ1v) is 7.20. The monoisotopic (exact) mass is 277 g/mol. The van der Waals surface area contributed by atoms with Gasteiger partial charge in [0.1, 0.15) is 0 Å². The summed E-state index contributed by atoms with van der Waals surface area (Å²) in [7, 11) is 3.22. The molecule has 0 aromatic heterocycles. The van der Waals surface area contributed by atoms with E-state index >= 15 is 0 Å². The summed E-state index contributed by atoms with van der Waals surface area (Å²) in [6.45, 7) is 3.04. The number of amides is 1. The topological polar surface area (TPSA) is 38.8 Å². The number of ether oxygens (including phenoxy) is 2. The van der Waals surface area contributed by atoms with E-state index in [1.807, 2.05) is 23.1 Å². The summed E-state index contributed by atoms with van der Waals surface area (Å²) in [5.41, 5.74) is 0.967. The number of hydrogen-bond acceptors (Lipinski definition) is 3. The number of benzene rings is 1. The Morgan fingerprint density at radius 2 is 2.05 bits per heavy atom. The first-order valence-electron chi connectivity index (χ1n) is 7.20. The van der Waals surface area contributed by atoms with Crippen molar-refractivity contribution in [3.63, 3.8) is 0 Å². The minimum absolute atomic E-state index is 0.210. The Morgan fingerprint density at radius 3 is 2.70 bits per heavy atom. The number of carbonyl (C=O) groups excluding carboxylic acids is 1. The molecule has 1 amide bonds. The molecule has 1 saturated heterocycles. The molecule has 1 unspecified atom stereocenters. The Hall–Kier alpha value is -1.71. The first kappa shape index (κ1) is 14.7. The molecular formula is C16H23NO3. The van der Waals surface area contributed by atoms with Gasteiger partial charge in [-0.05, 0) is 37.0 Å². The summed E-state index contributed by atoms with van der Waals surface area (Å²) in [5, 5.41) is 0. The van der Waals surface area contributed by atoms with Gasteiger partial charge in [-0.2, -0.15) is 0 Å². The van der Waals surface area contributed by atoms with Crippen molar-refractivity contribution >= 4 is 5.91 Å². The maximum absolute atomic E-state index is 12.4. The number of likely N-dealkylation sites (tertiary alicyclic amines) is 1. The van der Waals surface area contributed by atoms with Gasteiger partial charge in [-0.1, -0.05) is 13.0 Å². The van der Waals surface area contributed by atoms with Crippen molar-refractivity contribution in [2.45, 2.75) is 38.6 Å². The van der Waals surface area contributed by atoms with Crippen LogP contribution in [0.2, 0.25) is 0 Å². The highest BCUT2D eigenvalue weighted by molar-refractivity contribution is 5.79. The summed E-state index contributed by atoms with van der Waals surface area (Å²) < 4.78 is 10.5. The van der Waals surface area contributed by atoms with Crippen molar-refractivity contribution in [3.8, 4) is 11.5 Å². The fourth-order valence-corrected chi connectivity index (χ4v) is 2.86. The van der Waals surface area contributed by atoms with Crippen LogP contribution in [-0.4, -0.2) is 37.6 Å². The molecule has 0 saturated carbocycles. The van der Waals surface area contributed by atoms with Crippen LogP contribution in [-0.2, 0) is 11.2 Å². The lowest BCUT2D eigenvalue weighted by atomic mass is 10.1. The molecule has 1 aliphatic heterocycles. The standard InChI is InChI=1S/C16H23NO3/c1-4-13-6-5-9-17(13)16(18)11-12-7-8-14(19-2)15(10-12)20-3/h7-8,10,13H,4-6,9,11H2,1-3H3. The van der Waals surface area contributed by atoms with Crippen LogP contribution in [0.3, 0.4) is 0 Å². The van der Waals surface area contributed by atoms with Crippen molar-refractivity contribution in [3.05, 3.63) is 23.8 Å². The first-order chi connectivity index (χ1) is 9.69. The molecule has 0 aliphatic carbocycles. The van der Waals surface area contributed by atoms with Crippen LogP contribution >= 0.6 is 0 Å². The highest BCUT2D eigenvalue weighted by atomic mass is 16.5. The van der Waals surface area contributed by atoms with E-state index in [-0.39, 0.29) is 5.91 Å². The maximum atomic E-state index is 12.4. The lowest BCUT2D eigenvalue weighted by Crippen LogP contribution is -2.36. The van der Waals surface area contributed by atoms with E-state index in [0.717, 1.165) is 31.4 Å². The Bertz CT molecular complexity index is 473. The van der Waals surface area contributed by atoms with Gasteiger partial charge in [0.2, 0.25) is 5.91 Å². The third-order valence-electron chi connectivity index (χ3n) is 3.97. The molecule has 0 radical (unpaired) electrons. The van der Waals surface area contributed by atoms with Crippen LogP contribution in [0, 0.1) is 0 Å². The van der Waals surface area contributed by atoms with Crippen LogP contribution < -0.4 is 9.47 Å². The second-order valence-corrected chi connectivity index (χ2v) is 5.16. The second-order valence-electron chi connectivity index (χ2n) is 5.16. The molecule has 4 nitrogen and oxygen atoms in total. The number of methoxy groups -OCH3 is 2. The zero-order valence-corrected chi connectivity index (χ0v) is 12.5. The van der Waals surface area contributed by atoms with Gasteiger partial charge in [0.25, 0.3) is 0 Å².